The van der Waals surface area contributed by atoms with Gasteiger partial charge < -0.3 is 0 Å². The van der Waals surface area contributed by atoms with Gasteiger partial charge in [0.2, 0.25) is 0 Å². The third kappa shape index (κ3) is 50.3. The summed E-state index contributed by atoms with van der Waals surface area (Å²) in [5.41, 5.74) is 0. The Morgan fingerprint density at radius 1 is 0.625 bits per heavy atom. The fourth-order valence-electron chi connectivity index (χ4n) is 0. The first kappa shape index (κ1) is 14.6. The second-order valence-electron chi connectivity index (χ2n) is 0.678. The molecule has 0 heterocycles. The van der Waals surface area contributed by atoms with Crippen LogP contribution in [0.5, 0.6) is 0 Å². The van der Waals surface area contributed by atoms with Crippen molar-refractivity contribution in [1.29, 1.82) is 0 Å². The van der Waals surface area contributed by atoms with E-state index < -0.39 is 6.97 Å². The Morgan fingerprint density at radius 2 is 0.625 bits per heavy atom. The molecule has 0 atom stereocenters. The predicted molar refractivity (Wildman–Crippen MR) is 35.1 cm³/mol. The molecular weight excluding hydrogens is 358 g/mol. The molecule has 0 unspecified atom stereocenters. The van der Waals surface area contributed by atoms with E-state index in [2.05, 4.69) is 0 Å². The van der Waals surface area contributed by atoms with E-state index in [-0.39, 0.29) is 51.4 Å². The van der Waals surface area contributed by atoms with Gasteiger partial charge in [0.05, 0.1) is 0 Å². The van der Waals surface area contributed by atoms with Gasteiger partial charge in [-0.15, -0.1) is 0 Å². The van der Waals surface area contributed by atoms with Crippen molar-refractivity contribution in [2.75, 3.05) is 0 Å². The number of rotatable bonds is 0. The zero-order chi connectivity index (χ0) is 6.41. The molecule has 8 heavy (non-hydrogen) atoms. The van der Waals surface area contributed by atoms with Gasteiger partial charge >= 0.3 is 116 Å². The number of halogens is 6. The van der Waals surface area contributed by atoms with Crippen molar-refractivity contribution in [3.63, 3.8) is 0 Å². The summed E-state index contributed by atoms with van der Waals surface area (Å²) in [7, 11) is 30.2. The average molecular weight is 358 g/mol. The van der Waals surface area contributed by atoms with E-state index in [9.17, 15) is 0 Å². The molecule has 0 aliphatic rings. The smallest absolute Gasteiger partial charge is 1.00 e. The molecule has 0 aliphatic carbocycles. The van der Waals surface area contributed by atoms with Crippen LogP contribution in [0.15, 0.2) is 0 Å². The van der Waals surface area contributed by atoms with Gasteiger partial charge in [0, 0.05) is 0 Å². The Kier molecular flexibility index (Phi) is 5.58. The molecule has 0 radical (unpaired) electrons. The number of hydrogen-bond donors (Lipinski definition) is 0. The summed E-state index contributed by atoms with van der Waals surface area (Å²) in [5.74, 6) is 0. The first-order chi connectivity index (χ1) is 2.45. The van der Waals surface area contributed by atoms with E-state index in [1.165, 1.54) is 0 Å². The Morgan fingerprint density at radius 3 is 0.625 bits per heavy atom. The van der Waals surface area contributed by atoms with E-state index in [4.69, 9.17) is 57.2 Å². The third-order valence-electron chi connectivity index (χ3n) is 0. The average Bonchev–Trinajstić information content (AvgIpc) is 0.592. The molecule has 0 aromatic heterocycles. The zero-order valence-corrected chi connectivity index (χ0v) is 12.8. The molecule has 0 aromatic rings. The molecule has 0 fully saturated rings. The molecular formula is Cl6KPd. The van der Waals surface area contributed by atoms with Gasteiger partial charge in [-0.1, -0.05) is 0 Å². The van der Waals surface area contributed by atoms with Gasteiger partial charge in [-0.25, -0.2) is 0 Å². The molecule has 0 amide bonds. The Hall–Kier alpha value is 4.04. The molecule has 0 saturated heterocycles. The molecule has 0 bridgehead atoms. The van der Waals surface area contributed by atoms with Crippen LogP contribution in [-0.4, -0.2) is 0 Å². The molecule has 0 aromatic carbocycles. The minimum atomic E-state index is -5.08. The first-order valence-corrected chi connectivity index (χ1v) is 12.7. The molecule has 0 saturated carbocycles. The van der Waals surface area contributed by atoms with Crippen molar-refractivity contribution in [1.82, 2.24) is 0 Å². The van der Waals surface area contributed by atoms with Crippen LogP contribution < -0.4 is 51.4 Å². The molecule has 0 nitrogen and oxygen atoms in total. The standard InChI is InChI=1S/6ClH.K.Pd/h6*1H;;/q;;;;;;+1;+5/p-6. The minimum absolute atomic E-state index is 0. The van der Waals surface area contributed by atoms with Crippen LogP contribution in [-0.2, 0) is 6.97 Å². The maximum absolute atomic E-state index is 5.08. The third-order valence-corrected chi connectivity index (χ3v) is 0. The molecule has 0 spiro atoms. The van der Waals surface area contributed by atoms with Gasteiger partial charge in [-0.2, -0.15) is 0 Å². The van der Waals surface area contributed by atoms with E-state index >= 15 is 0 Å². The minimum Gasteiger partial charge on any atom is 1.00 e. The van der Waals surface area contributed by atoms with Gasteiger partial charge in [-0.3, -0.25) is 0 Å². The molecule has 53 valence electrons. The Labute approximate surface area is 112 Å². The monoisotopic (exact) mass is 355 g/mol. The summed E-state index contributed by atoms with van der Waals surface area (Å²) >= 11 is 0. The van der Waals surface area contributed by atoms with Crippen LogP contribution in [0.25, 0.3) is 0 Å². The second kappa shape index (κ2) is 3.07. The first-order valence-electron chi connectivity index (χ1n) is 0.717. The van der Waals surface area contributed by atoms with E-state index in [1.54, 1.807) is 0 Å². The van der Waals surface area contributed by atoms with Gasteiger partial charge in [-0.05, 0) is 0 Å². The van der Waals surface area contributed by atoms with Gasteiger partial charge in [0.1, 0.15) is 0 Å². The van der Waals surface area contributed by atoms with Crippen LogP contribution in [0.3, 0.4) is 0 Å². The summed E-state index contributed by atoms with van der Waals surface area (Å²) in [6, 6.07) is 0. The van der Waals surface area contributed by atoms with E-state index in [0.717, 1.165) is 0 Å². The fourth-order valence-corrected chi connectivity index (χ4v) is 0. The zero-order valence-electron chi connectivity index (χ0n) is 3.58. The summed E-state index contributed by atoms with van der Waals surface area (Å²) in [6.07, 6.45) is 0. The van der Waals surface area contributed by atoms with Crippen molar-refractivity contribution >= 4 is 57.2 Å². The van der Waals surface area contributed by atoms with Crippen LogP contribution in [0.1, 0.15) is 0 Å². The maximum Gasteiger partial charge on any atom is 1.00 e. The van der Waals surface area contributed by atoms with E-state index in [1.807, 2.05) is 0 Å². The molecule has 8 heteroatoms. The maximum atomic E-state index is 5.03. The van der Waals surface area contributed by atoms with Crippen molar-refractivity contribution in [2.24, 2.45) is 0 Å². The topological polar surface area (TPSA) is 0 Å². The molecule has 0 aliphatic heterocycles. The van der Waals surface area contributed by atoms with Crippen LogP contribution >= 0.6 is 57.2 Å². The van der Waals surface area contributed by atoms with Crippen molar-refractivity contribution < 1.29 is 58.4 Å². The summed E-state index contributed by atoms with van der Waals surface area (Å²) in [6.45, 7) is -5.08. The fraction of sp³-hybridized carbons (Fsp3) is 0. The van der Waals surface area contributed by atoms with E-state index in [0.29, 0.717) is 0 Å². The number of hydrogen-bond acceptors (Lipinski definition) is 0. The quantitative estimate of drug-likeness (QED) is 0.570. The van der Waals surface area contributed by atoms with Gasteiger partial charge in [0.15, 0.2) is 0 Å². The summed E-state index contributed by atoms with van der Waals surface area (Å²) < 4.78 is 0. The van der Waals surface area contributed by atoms with Crippen molar-refractivity contribution in [3.8, 4) is 0 Å². The van der Waals surface area contributed by atoms with Crippen LogP contribution in [0.2, 0.25) is 0 Å². The van der Waals surface area contributed by atoms with Crippen molar-refractivity contribution in [2.45, 2.75) is 0 Å². The van der Waals surface area contributed by atoms with Crippen molar-refractivity contribution in [3.05, 3.63) is 0 Å². The molecule has 0 rings (SSSR count). The van der Waals surface area contributed by atoms with Gasteiger partial charge in [0.25, 0.3) is 0 Å². The summed E-state index contributed by atoms with van der Waals surface area (Å²) in [5, 5.41) is 0. The summed E-state index contributed by atoms with van der Waals surface area (Å²) in [4.78, 5) is 0. The van der Waals surface area contributed by atoms with Crippen LogP contribution in [0, 0.1) is 0 Å². The molecule has 0 N–H and O–H groups in total. The second-order valence-corrected chi connectivity index (χ2v) is 36.1. The largest absolute Gasteiger partial charge is 1.00 e. The Bertz CT molecular complexity index is 67.1. The normalized spacial score (nSPS) is 20.2. The predicted octanol–water partition coefficient (Wildman–Crippen LogP) is 1.14. The SMILES string of the molecule is [Cl][Pd-]([Cl])([Cl])([Cl])([Cl])[Cl].[K+]. The Balaban J connectivity index is 0. The van der Waals surface area contributed by atoms with Crippen LogP contribution in [0.4, 0.5) is 0 Å².